The molecule has 0 bridgehead atoms. The first-order valence-electron chi connectivity index (χ1n) is 13.4. The van der Waals surface area contributed by atoms with Gasteiger partial charge < -0.3 is 14.6 Å². The Morgan fingerprint density at radius 2 is 1.65 bits per heavy atom. The zero-order valence-electron chi connectivity index (χ0n) is 23.4. The van der Waals surface area contributed by atoms with Crippen LogP contribution in [0.2, 0.25) is 0 Å². The van der Waals surface area contributed by atoms with Crippen LogP contribution in [0.1, 0.15) is 50.4 Å². The number of hydrogen-bond acceptors (Lipinski definition) is 5. The van der Waals surface area contributed by atoms with Gasteiger partial charge >= 0.3 is 0 Å². The second kappa shape index (κ2) is 10.5. The quantitative estimate of drug-likeness (QED) is 0.161. The summed E-state index contributed by atoms with van der Waals surface area (Å²) in [5.74, 6) is -0.416. The van der Waals surface area contributed by atoms with Crippen LogP contribution in [-0.2, 0) is 15.0 Å². The molecule has 4 aromatic carbocycles. The number of fused-ring (bicyclic) bond motifs is 1. The number of ether oxygens (including phenoxy) is 2. The molecule has 1 aliphatic heterocycles. The summed E-state index contributed by atoms with van der Waals surface area (Å²) in [6, 6.07) is 25.2. The Morgan fingerprint density at radius 1 is 0.925 bits per heavy atom. The molecule has 5 rings (SSSR count). The van der Waals surface area contributed by atoms with E-state index in [4.69, 9.17) is 9.47 Å². The number of anilines is 1. The molecule has 1 heterocycles. The Bertz CT molecular complexity index is 1640. The molecule has 1 amide bonds. The summed E-state index contributed by atoms with van der Waals surface area (Å²) in [5.41, 5.74) is 2.32. The van der Waals surface area contributed by atoms with Crippen LogP contribution in [0.3, 0.4) is 0 Å². The molecule has 0 saturated carbocycles. The van der Waals surface area contributed by atoms with Crippen molar-refractivity contribution in [2.45, 2.75) is 39.2 Å². The van der Waals surface area contributed by atoms with E-state index in [1.807, 2.05) is 61.5 Å². The molecule has 1 fully saturated rings. The fourth-order valence-electron chi connectivity index (χ4n) is 5.34. The van der Waals surface area contributed by atoms with Crippen molar-refractivity contribution >= 4 is 33.9 Å². The highest BCUT2D eigenvalue weighted by molar-refractivity contribution is 6.52. The van der Waals surface area contributed by atoms with E-state index < -0.39 is 17.7 Å². The number of nitrogens with zero attached hydrogens (tertiary/aromatic N) is 1. The third-order valence-electron chi connectivity index (χ3n) is 7.25. The zero-order valence-corrected chi connectivity index (χ0v) is 23.4. The van der Waals surface area contributed by atoms with Gasteiger partial charge in [0.05, 0.1) is 25.3 Å². The lowest BCUT2D eigenvalue weighted by Crippen LogP contribution is -2.29. The van der Waals surface area contributed by atoms with E-state index in [0.717, 1.165) is 21.9 Å². The molecule has 1 unspecified atom stereocenters. The van der Waals surface area contributed by atoms with Gasteiger partial charge in [-0.3, -0.25) is 14.5 Å². The maximum Gasteiger partial charge on any atom is 0.300 e. The van der Waals surface area contributed by atoms with Crippen LogP contribution in [0, 0.1) is 0 Å². The number of amides is 1. The molecule has 1 aliphatic rings. The number of aliphatic hydroxyl groups is 1. The molecule has 4 aromatic rings. The Morgan fingerprint density at radius 3 is 2.38 bits per heavy atom. The minimum absolute atomic E-state index is 0.0354. The van der Waals surface area contributed by atoms with Crippen LogP contribution >= 0.6 is 0 Å². The normalized spacial score (nSPS) is 16.9. The zero-order chi connectivity index (χ0) is 28.6. The number of ketones is 1. The van der Waals surface area contributed by atoms with Gasteiger partial charge in [-0.25, -0.2) is 0 Å². The average molecular weight is 536 g/mol. The number of aliphatic hydroxyl groups excluding tert-OH is 1. The fourth-order valence-corrected chi connectivity index (χ4v) is 5.34. The molecule has 0 spiro atoms. The summed E-state index contributed by atoms with van der Waals surface area (Å²) in [5, 5.41) is 13.7. The molecule has 1 N–H and O–H groups in total. The first-order chi connectivity index (χ1) is 19.2. The summed E-state index contributed by atoms with van der Waals surface area (Å²) >= 11 is 0. The van der Waals surface area contributed by atoms with Crippen LogP contribution in [0.15, 0.2) is 90.5 Å². The lowest BCUT2D eigenvalue weighted by Gasteiger charge is -2.27. The molecule has 0 radical (unpaired) electrons. The van der Waals surface area contributed by atoms with Gasteiger partial charge in [0.25, 0.3) is 11.7 Å². The number of carbonyl (C=O) groups is 2. The average Bonchev–Trinajstić information content (AvgIpc) is 3.22. The van der Waals surface area contributed by atoms with Gasteiger partial charge in [-0.2, -0.15) is 0 Å². The largest absolute Gasteiger partial charge is 0.507 e. The van der Waals surface area contributed by atoms with Crippen LogP contribution < -0.4 is 14.4 Å². The first-order valence-corrected chi connectivity index (χ1v) is 13.4. The van der Waals surface area contributed by atoms with Crippen LogP contribution in [0.4, 0.5) is 5.69 Å². The van der Waals surface area contributed by atoms with E-state index in [0.29, 0.717) is 29.4 Å². The van der Waals surface area contributed by atoms with E-state index >= 15 is 0 Å². The lowest BCUT2D eigenvalue weighted by molar-refractivity contribution is -0.132. The predicted molar refractivity (Wildman–Crippen MR) is 158 cm³/mol. The van der Waals surface area contributed by atoms with Gasteiger partial charge in [-0.15, -0.1) is 0 Å². The van der Waals surface area contributed by atoms with Gasteiger partial charge in [-0.1, -0.05) is 69.3 Å². The SMILES string of the molecule is CCOc1ccc(/C(O)=C2\C(=O)C(=O)N(c3cccc(OC)c3)C2c2cccc3ccccc23)cc1C(C)(C)C. The second-order valence-electron chi connectivity index (χ2n) is 10.8. The predicted octanol–water partition coefficient (Wildman–Crippen LogP) is 7.17. The summed E-state index contributed by atoms with van der Waals surface area (Å²) in [7, 11) is 1.55. The third kappa shape index (κ3) is 4.70. The highest BCUT2D eigenvalue weighted by Crippen LogP contribution is 2.45. The number of benzene rings is 4. The monoisotopic (exact) mass is 535 g/mol. The van der Waals surface area contributed by atoms with Crippen LogP contribution in [-0.4, -0.2) is 30.5 Å². The maximum atomic E-state index is 13.8. The van der Waals surface area contributed by atoms with Crippen molar-refractivity contribution in [2.24, 2.45) is 0 Å². The van der Waals surface area contributed by atoms with E-state index in [9.17, 15) is 14.7 Å². The van der Waals surface area contributed by atoms with Crippen molar-refractivity contribution in [3.63, 3.8) is 0 Å². The number of rotatable bonds is 6. The molecule has 204 valence electrons. The highest BCUT2D eigenvalue weighted by Gasteiger charge is 2.47. The van der Waals surface area contributed by atoms with Crippen molar-refractivity contribution in [1.29, 1.82) is 0 Å². The van der Waals surface area contributed by atoms with Crippen molar-refractivity contribution in [1.82, 2.24) is 0 Å². The van der Waals surface area contributed by atoms with Crippen LogP contribution in [0.5, 0.6) is 11.5 Å². The molecule has 0 aromatic heterocycles. The Hall–Kier alpha value is -4.58. The topological polar surface area (TPSA) is 76.1 Å². The van der Waals surface area contributed by atoms with E-state index in [2.05, 4.69) is 20.8 Å². The molecular weight excluding hydrogens is 502 g/mol. The maximum absolute atomic E-state index is 13.8. The minimum Gasteiger partial charge on any atom is -0.507 e. The Labute approximate surface area is 234 Å². The van der Waals surface area contributed by atoms with Crippen LogP contribution in [0.25, 0.3) is 16.5 Å². The smallest absolute Gasteiger partial charge is 0.300 e. The van der Waals surface area contributed by atoms with Crippen molar-refractivity contribution in [3.05, 3.63) is 107 Å². The Kier molecular flexibility index (Phi) is 7.11. The van der Waals surface area contributed by atoms with Crippen molar-refractivity contribution in [3.8, 4) is 11.5 Å². The molecule has 40 heavy (non-hydrogen) atoms. The van der Waals surface area contributed by atoms with E-state index in [-0.39, 0.29) is 16.7 Å². The molecular formula is C34H33NO5. The number of Topliss-reactive ketones (excluding diaryl/α,β-unsaturated/α-hetero) is 1. The summed E-state index contributed by atoms with van der Waals surface area (Å²) in [6.45, 7) is 8.61. The highest BCUT2D eigenvalue weighted by atomic mass is 16.5. The third-order valence-corrected chi connectivity index (χ3v) is 7.25. The number of methoxy groups -OCH3 is 1. The van der Waals surface area contributed by atoms with Gasteiger partial charge in [0.15, 0.2) is 0 Å². The summed E-state index contributed by atoms with van der Waals surface area (Å²) in [4.78, 5) is 28.9. The fraction of sp³-hybridized carbons (Fsp3) is 0.235. The van der Waals surface area contributed by atoms with Gasteiger partial charge in [0.2, 0.25) is 0 Å². The number of hydrogen-bond donors (Lipinski definition) is 1. The summed E-state index contributed by atoms with van der Waals surface area (Å²) < 4.78 is 11.3. The lowest BCUT2D eigenvalue weighted by atomic mass is 9.84. The summed E-state index contributed by atoms with van der Waals surface area (Å²) in [6.07, 6.45) is 0. The minimum atomic E-state index is -0.858. The number of carbonyl (C=O) groups excluding carboxylic acids is 2. The van der Waals surface area contributed by atoms with Crippen molar-refractivity contribution < 1.29 is 24.2 Å². The van der Waals surface area contributed by atoms with Gasteiger partial charge in [0.1, 0.15) is 17.3 Å². The van der Waals surface area contributed by atoms with E-state index in [1.165, 1.54) is 4.90 Å². The molecule has 6 nitrogen and oxygen atoms in total. The van der Waals surface area contributed by atoms with Gasteiger partial charge in [-0.05, 0) is 59.0 Å². The molecule has 6 heteroatoms. The Balaban J connectivity index is 1.79. The van der Waals surface area contributed by atoms with E-state index in [1.54, 1.807) is 37.4 Å². The molecule has 1 saturated heterocycles. The standard InChI is InChI=1S/C34H33NO5/c1-6-40-28-18-17-22(19-27(28)34(2,3)4)31(36)29-30(26-16-9-12-21-11-7-8-15-25(21)26)35(33(38)32(29)37)23-13-10-14-24(20-23)39-5/h7-20,30,36H,6H2,1-5H3/b31-29+. The first kappa shape index (κ1) is 27.0. The van der Waals surface area contributed by atoms with Gasteiger partial charge in [0, 0.05) is 22.9 Å². The molecule has 1 atom stereocenters. The van der Waals surface area contributed by atoms with Crippen molar-refractivity contribution in [2.75, 3.05) is 18.6 Å². The second-order valence-corrected chi connectivity index (χ2v) is 10.8. The molecule has 0 aliphatic carbocycles.